The monoisotopic (exact) mass is 285 g/mol. The number of benzene rings is 1. The Morgan fingerprint density at radius 2 is 2.26 bits per heavy atom. The van der Waals surface area contributed by atoms with Gasteiger partial charge in [-0.05, 0) is 43.9 Å². The molecule has 1 fully saturated rings. The summed E-state index contributed by atoms with van der Waals surface area (Å²) in [6, 6.07) is 3.81. The normalized spacial score (nSPS) is 19.2. The Morgan fingerprint density at radius 1 is 1.42 bits per heavy atom. The Kier molecular flexibility index (Phi) is 5.16. The zero-order valence-corrected chi connectivity index (χ0v) is 11.4. The Balaban J connectivity index is 1.80. The van der Waals surface area contributed by atoms with Crippen LogP contribution in [0.3, 0.4) is 0 Å². The molecule has 2 rings (SSSR count). The standard InChI is InChI=1S/C14H17ClFNO2/c15-11-7-10(8-12(16)9-11)14(18)17-5-4-13-3-1-2-6-19-13/h7-9,13H,1-6H2,(H,17,18). The van der Waals surface area contributed by atoms with Crippen molar-refractivity contribution in [1.29, 1.82) is 0 Å². The number of halogens is 2. The summed E-state index contributed by atoms with van der Waals surface area (Å²) in [5, 5.41) is 2.98. The van der Waals surface area contributed by atoms with E-state index in [2.05, 4.69) is 5.32 Å². The number of nitrogens with one attached hydrogen (secondary N) is 1. The van der Waals surface area contributed by atoms with Gasteiger partial charge in [0.15, 0.2) is 0 Å². The van der Waals surface area contributed by atoms with Gasteiger partial charge in [0.2, 0.25) is 0 Å². The van der Waals surface area contributed by atoms with Crippen molar-refractivity contribution in [2.24, 2.45) is 0 Å². The molecular formula is C14H17ClFNO2. The van der Waals surface area contributed by atoms with E-state index >= 15 is 0 Å². The maximum Gasteiger partial charge on any atom is 0.251 e. The molecule has 0 radical (unpaired) electrons. The lowest BCUT2D eigenvalue weighted by atomic mass is 10.1. The van der Waals surface area contributed by atoms with Gasteiger partial charge in [0.1, 0.15) is 5.82 Å². The smallest absolute Gasteiger partial charge is 0.251 e. The van der Waals surface area contributed by atoms with Crippen LogP contribution in [0.2, 0.25) is 5.02 Å². The molecule has 0 aliphatic carbocycles. The lowest BCUT2D eigenvalue weighted by molar-refractivity contribution is 0.0117. The second-order valence-corrected chi connectivity index (χ2v) is 5.13. The summed E-state index contributed by atoms with van der Waals surface area (Å²) in [5.74, 6) is -0.814. The Labute approximate surface area is 117 Å². The molecule has 5 heteroatoms. The molecule has 1 aromatic rings. The van der Waals surface area contributed by atoms with Gasteiger partial charge in [0, 0.05) is 23.7 Å². The fourth-order valence-corrected chi connectivity index (χ4v) is 2.39. The molecule has 0 spiro atoms. The molecule has 1 aliphatic rings. The molecule has 1 aliphatic heterocycles. The van der Waals surface area contributed by atoms with Crippen LogP contribution in [0.1, 0.15) is 36.0 Å². The lowest BCUT2D eigenvalue weighted by Gasteiger charge is -2.22. The topological polar surface area (TPSA) is 38.3 Å². The molecule has 0 bridgehead atoms. The third kappa shape index (κ3) is 4.48. The van der Waals surface area contributed by atoms with Crippen LogP contribution < -0.4 is 5.32 Å². The Morgan fingerprint density at radius 3 is 2.95 bits per heavy atom. The van der Waals surface area contributed by atoms with Crippen LogP contribution in [0.15, 0.2) is 18.2 Å². The van der Waals surface area contributed by atoms with Crippen molar-refractivity contribution >= 4 is 17.5 Å². The highest BCUT2D eigenvalue weighted by Gasteiger charge is 2.14. The minimum Gasteiger partial charge on any atom is -0.378 e. The van der Waals surface area contributed by atoms with Gasteiger partial charge < -0.3 is 10.1 Å². The van der Waals surface area contributed by atoms with Gasteiger partial charge in [-0.25, -0.2) is 4.39 Å². The van der Waals surface area contributed by atoms with E-state index in [9.17, 15) is 9.18 Å². The van der Waals surface area contributed by atoms with Gasteiger partial charge >= 0.3 is 0 Å². The van der Waals surface area contributed by atoms with Crippen molar-refractivity contribution in [3.05, 3.63) is 34.6 Å². The van der Waals surface area contributed by atoms with E-state index in [-0.39, 0.29) is 22.6 Å². The first kappa shape index (κ1) is 14.3. The second kappa shape index (κ2) is 6.87. The number of hydrogen-bond donors (Lipinski definition) is 1. The summed E-state index contributed by atoms with van der Waals surface area (Å²) in [7, 11) is 0. The molecule has 104 valence electrons. The molecule has 0 saturated carbocycles. The minimum absolute atomic E-state index is 0.223. The predicted molar refractivity (Wildman–Crippen MR) is 72.0 cm³/mol. The van der Waals surface area contributed by atoms with Gasteiger partial charge in [0.25, 0.3) is 5.91 Å². The van der Waals surface area contributed by atoms with E-state index < -0.39 is 5.82 Å². The first-order valence-electron chi connectivity index (χ1n) is 6.51. The molecule has 1 N–H and O–H groups in total. The predicted octanol–water partition coefficient (Wildman–Crippen LogP) is 3.17. The second-order valence-electron chi connectivity index (χ2n) is 4.69. The number of carbonyl (C=O) groups is 1. The molecule has 1 unspecified atom stereocenters. The summed E-state index contributed by atoms with van der Waals surface area (Å²) in [5.41, 5.74) is 0.245. The molecule has 1 heterocycles. The molecule has 3 nitrogen and oxygen atoms in total. The molecule has 1 amide bonds. The minimum atomic E-state index is -0.506. The third-order valence-corrected chi connectivity index (χ3v) is 3.37. The van der Waals surface area contributed by atoms with Crippen molar-refractivity contribution in [2.75, 3.05) is 13.2 Å². The van der Waals surface area contributed by atoms with E-state index in [0.29, 0.717) is 6.54 Å². The summed E-state index contributed by atoms with van der Waals surface area (Å²) in [6.07, 6.45) is 4.35. The average molecular weight is 286 g/mol. The summed E-state index contributed by atoms with van der Waals surface area (Å²) < 4.78 is 18.7. The summed E-state index contributed by atoms with van der Waals surface area (Å²) >= 11 is 5.71. The van der Waals surface area contributed by atoms with Gasteiger partial charge in [-0.1, -0.05) is 11.6 Å². The van der Waals surface area contributed by atoms with Crippen LogP contribution in [0.4, 0.5) is 4.39 Å². The van der Waals surface area contributed by atoms with E-state index in [1.165, 1.54) is 24.6 Å². The van der Waals surface area contributed by atoms with Crippen LogP contribution in [0.5, 0.6) is 0 Å². The SMILES string of the molecule is O=C(NCCC1CCCCO1)c1cc(F)cc(Cl)c1. The summed E-state index contributed by atoms with van der Waals surface area (Å²) in [4.78, 5) is 11.8. The highest BCUT2D eigenvalue weighted by molar-refractivity contribution is 6.31. The molecule has 1 saturated heterocycles. The quantitative estimate of drug-likeness (QED) is 0.923. The van der Waals surface area contributed by atoms with Crippen molar-refractivity contribution < 1.29 is 13.9 Å². The highest BCUT2D eigenvalue weighted by Crippen LogP contribution is 2.16. The fourth-order valence-electron chi connectivity index (χ4n) is 2.17. The zero-order valence-electron chi connectivity index (χ0n) is 10.6. The largest absolute Gasteiger partial charge is 0.378 e. The van der Waals surface area contributed by atoms with Crippen LogP contribution >= 0.6 is 11.6 Å². The molecule has 19 heavy (non-hydrogen) atoms. The average Bonchev–Trinajstić information content (AvgIpc) is 2.38. The van der Waals surface area contributed by atoms with Gasteiger partial charge in [-0.15, -0.1) is 0 Å². The van der Waals surface area contributed by atoms with Gasteiger partial charge in [0.05, 0.1) is 6.10 Å². The van der Waals surface area contributed by atoms with Crippen molar-refractivity contribution in [1.82, 2.24) is 5.32 Å². The van der Waals surface area contributed by atoms with Crippen LogP contribution in [0.25, 0.3) is 0 Å². The van der Waals surface area contributed by atoms with Crippen LogP contribution in [-0.2, 0) is 4.74 Å². The molecule has 1 aromatic carbocycles. The number of amides is 1. The van der Waals surface area contributed by atoms with Crippen molar-refractivity contribution in [2.45, 2.75) is 31.8 Å². The van der Waals surface area contributed by atoms with E-state index in [1.807, 2.05) is 0 Å². The maximum atomic E-state index is 13.1. The highest BCUT2D eigenvalue weighted by atomic mass is 35.5. The Hall–Kier alpha value is -1.13. The van der Waals surface area contributed by atoms with E-state index in [4.69, 9.17) is 16.3 Å². The van der Waals surface area contributed by atoms with Crippen LogP contribution in [-0.4, -0.2) is 25.2 Å². The van der Waals surface area contributed by atoms with Gasteiger partial charge in [-0.2, -0.15) is 0 Å². The fraction of sp³-hybridized carbons (Fsp3) is 0.500. The first-order chi connectivity index (χ1) is 9.15. The lowest BCUT2D eigenvalue weighted by Crippen LogP contribution is -2.29. The molecule has 0 aromatic heterocycles. The van der Waals surface area contributed by atoms with E-state index in [0.717, 1.165) is 25.9 Å². The number of carbonyl (C=O) groups excluding carboxylic acids is 1. The van der Waals surface area contributed by atoms with E-state index in [1.54, 1.807) is 0 Å². The number of rotatable bonds is 4. The Bertz CT molecular complexity index is 427. The van der Waals surface area contributed by atoms with Crippen LogP contribution in [0, 0.1) is 5.82 Å². The molecule has 1 atom stereocenters. The third-order valence-electron chi connectivity index (χ3n) is 3.15. The maximum absolute atomic E-state index is 13.1. The first-order valence-corrected chi connectivity index (χ1v) is 6.89. The number of ether oxygens (including phenoxy) is 1. The molecular weight excluding hydrogens is 269 g/mol. The van der Waals surface area contributed by atoms with Crippen molar-refractivity contribution in [3.8, 4) is 0 Å². The zero-order chi connectivity index (χ0) is 13.7. The summed E-state index contributed by atoms with van der Waals surface area (Å²) in [6.45, 7) is 1.33. The van der Waals surface area contributed by atoms with Crippen molar-refractivity contribution in [3.63, 3.8) is 0 Å². The van der Waals surface area contributed by atoms with Gasteiger partial charge in [-0.3, -0.25) is 4.79 Å². The number of hydrogen-bond acceptors (Lipinski definition) is 2.